The van der Waals surface area contributed by atoms with E-state index in [1.165, 1.54) is 0 Å². The highest BCUT2D eigenvalue weighted by atomic mass is 14.8. The van der Waals surface area contributed by atoms with Crippen molar-refractivity contribution < 1.29 is 0 Å². The molecule has 0 saturated carbocycles. The first-order valence-corrected chi connectivity index (χ1v) is 4.86. The fourth-order valence-electron chi connectivity index (χ4n) is 1.04. The van der Waals surface area contributed by atoms with Gasteiger partial charge in [-0.2, -0.15) is 0 Å². The lowest BCUT2D eigenvalue weighted by molar-refractivity contribution is 1.08. The Morgan fingerprint density at radius 2 is 1.93 bits per heavy atom. The molecule has 0 aliphatic rings. The van der Waals surface area contributed by atoms with Gasteiger partial charge in [-0.1, -0.05) is 32.6 Å². The highest BCUT2D eigenvalue weighted by molar-refractivity contribution is 5.62. The monoisotopic (exact) mass is 190 g/mol. The van der Waals surface area contributed by atoms with Gasteiger partial charge < -0.3 is 0 Å². The van der Waals surface area contributed by atoms with E-state index in [0.717, 1.165) is 17.0 Å². The van der Waals surface area contributed by atoms with Crippen LogP contribution >= 0.6 is 0 Å². The fraction of sp³-hybridized carbons (Fsp3) is 0.333. The van der Waals surface area contributed by atoms with Crippen LogP contribution in [0.15, 0.2) is 19.0 Å². The van der Waals surface area contributed by atoms with Crippen molar-refractivity contribution >= 4 is 12.2 Å². The van der Waals surface area contributed by atoms with Gasteiger partial charge in [0.2, 0.25) is 0 Å². The molecule has 0 N–H and O–H groups in total. The largest absolute Gasteiger partial charge is 0.241 e. The number of hydrogen-bond donors (Lipinski definition) is 0. The van der Waals surface area contributed by atoms with Crippen molar-refractivity contribution in [1.82, 2.24) is 9.97 Å². The fourth-order valence-corrected chi connectivity index (χ4v) is 1.04. The summed E-state index contributed by atoms with van der Waals surface area (Å²) in [5, 5.41) is 0. The van der Waals surface area contributed by atoms with Gasteiger partial charge >= 0.3 is 0 Å². The summed E-state index contributed by atoms with van der Waals surface area (Å²) >= 11 is 0. The number of hydrogen-bond acceptors (Lipinski definition) is 2. The average molecular weight is 190 g/mol. The minimum absolute atomic E-state index is 0.889. The SMILES string of the molecule is C=Cc1ncnc(C)c1/C=C\C.CC. The maximum Gasteiger partial charge on any atom is 0.116 e. The van der Waals surface area contributed by atoms with Gasteiger partial charge in [0, 0.05) is 11.3 Å². The molecule has 0 aliphatic carbocycles. The molecule has 1 aromatic heterocycles. The van der Waals surface area contributed by atoms with E-state index in [0.29, 0.717) is 0 Å². The third-order valence-electron chi connectivity index (χ3n) is 1.64. The molecule has 0 spiro atoms. The molecule has 0 aromatic carbocycles. The third-order valence-corrected chi connectivity index (χ3v) is 1.64. The Morgan fingerprint density at radius 3 is 2.43 bits per heavy atom. The maximum absolute atomic E-state index is 4.10. The summed E-state index contributed by atoms with van der Waals surface area (Å²) in [5.41, 5.74) is 2.92. The van der Waals surface area contributed by atoms with E-state index in [2.05, 4.69) is 16.5 Å². The molecule has 0 amide bonds. The Morgan fingerprint density at radius 1 is 1.29 bits per heavy atom. The van der Waals surface area contributed by atoms with Crippen LogP contribution in [-0.2, 0) is 0 Å². The third kappa shape index (κ3) is 3.13. The highest BCUT2D eigenvalue weighted by Crippen LogP contribution is 2.11. The molecule has 0 radical (unpaired) electrons. The molecule has 1 rings (SSSR count). The van der Waals surface area contributed by atoms with Crippen molar-refractivity contribution in [2.75, 3.05) is 0 Å². The Balaban J connectivity index is 0.000000791. The van der Waals surface area contributed by atoms with E-state index in [4.69, 9.17) is 0 Å². The van der Waals surface area contributed by atoms with E-state index in [1.807, 2.05) is 39.8 Å². The molecule has 0 atom stereocenters. The standard InChI is InChI=1S/C10H12N2.C2H6/c1-4-6-9-8(3)11-7-12-10(9)5-2;1-2/h4-7H,2H2,1,3H3;1-2H3/b6-4-;. The molecule has 1 aromatic rings. The summed E-state index contributed by atoms with van der Waals surface area (Å²) < 4.78 is 0. The van der Waals surface area contributed by atoms with Crippen LogP contribution in [0.4, 0.5) is 0 Å². The van der Waals surface area contributed by atoms with Crippen LogP contribution in [0.1, 0.15) is 37.7 Å². The van der Waals surface area contributed by atoms with Crippen LogP contribution in [0.2, 0.25) is 0 Å². The van der Waals surface area contributed by atoms with Crippen molar-refractivity contribution in [3.63, 3.8) is 0 Å². The van der Waals surface area contributed by atoms with Gasteiger partial charge in [-0.05, 0) is 19.9 Å². The van der Waals surface area contributed by atoms with Gasteiger partial charge in [-0.25, -0.2) is 9.97 Å². The molecule has 0 saturated heterocycles. The summed E-state index contributed by atoms with van der Waals surface area (Å²) in [6.07, 6.45) is 7.26. The second-order valence-corrected chi connectivity index (χ2v) is 2.46. The van der Waals surface area contributed by atoms with E-state index in [1.54, 1.807) is 12.4 Å². The van der Waals surface area contributed by atoms with Gasteiger partial charge in [0.05, 0.1) is 5.69 Å². The predicted octanol–water partition coefficient (Wildman–Crippen LogP) is 3.49. The lowest BCUT2D eigenvalue weighted by Gasteiger charge is -2.01. The van der Waals surface area contributed by atoms with E-state index >= 15 is 0 Å². The second-order valence-electron chi connectivity index (χ2n) is 2.46. The molecule has 0 fully saturated rings. The lowest BCUT2D eigenvalue weighted by Crippen LogP contribution is -1.93. The van der Waals surface area contributed by atoms with Crippen LogP contribution in [0, 0.1) is 6.92 Å². The van der Waals surface area contributed by atoms with Crippen molar-refractivity contribution in [1.29, 1.82) is 0 Å². The Bertz CT molecular complexity index is 314. The smallest absolute Gasteiger partial charge is 0.116 e. The summed E-state index contributed by atoms with van der Waals surface area (Å²) in [6, 6.07) is 0. The molecule has 2 nitrogen and oxygen atoms in total. The van der Waals surface area contributed by atoms with Crippen molar-refractivity contribution in [2.24, 2.45) is 0 Å². The Kier molecular flexibility index (Phi) is 6.29. The van der Waals surface area contributed by atoms with Gasteiger partial charge in [-0.3, -0.25) is 0 Å². The summed E-state index contributed by atoms with van der Waals surface area (Å²) in [5.74, 6) is 0. The van der Waals surface area contributed by atoms with Crippen LogP contribution in [0.25, 0.3) is 12.2 Å². The zero-order valence-electron chi connectivity index (χ0n) is 9.41. The first-order valence-electron chi connectivity index (χ1n) is 4.86. The molecular formula is C12H18N2. The zero-order chi connectivity index (χ0) is 11.0. The Hall–Kier alpha value is -1.44. The molecule has 14 heavy (non-hydrogen) atoms. The second kappa shape index (κ2) is 7.01. The predicted molar refractivity (Wildman–Crippen MR) is 62.9 cm³/mol. The average Bonchev–Trinajstić information content (AvgIpc) is 2.24. The van der Waals surface area contributed by atoms with Crippen molar-refractivity contribution in [3.8, 4) is 0 Å². The minimum atomic E-state index is 0.889. The van der Waals surface area contributed by atoms with Gasteiger partial charge in [-0.15, -0.1) is 0 Å². The molecule has 76 valence electrons. The zero-order valence-corrected chi connectivity index (χ0v) is 9.41. The minimum Gasteiger partial charge on any atom is -0.241 e. The number of rotatable bonds is 2. The maximum atomic E-state index is 4.10. The molecule has 0 bridgehead atoms. The summed E-state index contributed by atoms with van der Waals surface area (Å²) in [7, 11) is 0. The molecule has 1 heterocycles. The number of aromatic nitrogens is 2. The first kappa shape index (κ1) is 12.6. The number of allylic oxidation sites excluding steroid dienone is 1. The quantitative estimate of drug-likeness (QED) is 0.713. The Labute approximate surface area is 86.4 Å². The van der Waals surface area contributed by atoms with Gasteiger partial charge in [0.1, 0.15) is 6.33 Å². The van der Waals surface area contributed by atoms with Crippen LogP contribution in [-0.4, -0.2) is 9.97 Å². The van der Waals surface area contributed by atoms with Crippen molar-refractivity contribution in [2.45, 2.75) is 27.7 Å². The van der Waals surface area contributed by atoms with Gasteiger partial charge in [0.15, 0.2) is 0 Å². The van der Waals surface area contributed by atoms with Crippen LogP contribution in [0.5, 0.6) is 0 Å². The lowest BCUT2D eigenvalue weighted by atomic mass is 10.1. The van der Waals surface area contributed by atoms with E-state index in [9.17, 15) is 0 Å². The summed E-state index contributed by atoms with van der Waals surface area (Å²) in [6.45, 7) is 11.6. The number of aryl methyl sites for hydroxylation is 1. The molecule has 2 heteroatoms. The number of nitrogens with zero attached hydrogens (tertiary/aromatic N) is 2. The van der Waals surface area contributed by atoms with Crippen LogP contribution < -0.4 is 0 Å². The molecule has 0 unspecified atom stereocenters. The van der Waals surface area contributed by atoms with E-state index in [-0.39, 0.29) is 0 Å². The normalized spacial score (nSPS) is 9.43. The highest BCUT2D eigenvalue weighted by Gasteiger charge is 2.00. The van der Waals surface area contributed by atoms with Crippen molar-refractivity contribution in [3.05, 3.63) is 35.9 Å². The first-order chi connectivity index (χ1) is 6.79. The molecular weight excluding hydrogens is 172 g/mol. The summed E-state index contributed by atoms with van der Waals surface area (Å²) in [4.78, 5) is 8.19. The van der Waals surface area contributed by atoms with E-state index < -0.39 is 0 Å². The topological polar surface area (TPSA) is 25.8 Å². The van der Waals surface area contributed by atoms with Gasteiger partial charge in [0.25, 0.3) is 0 Å². The molecule has 0 aliphatic heterocycles. The van der Waals surface area contributed by atoms with Crippen LogP contribution in [0.3, 0.4) is 0 Å².